The molecule has 2 aromatic carbocycles. The Balaban J connectivity index is 1.78. The molecule has 30 heavy (non-hydrogen) atoms. The van der Waals surface area contributed by atoms with Gasteiger partial charge in [0.05, 0.1) is 25.3 Å². The van der Waals surface area contributed by atoms with Crippen LogP contribution in [0, 0.1) is 11.3 Å². The number of nitriles is 1. The van der Waals surface area contributed by atoms with E-state index in [0.717, 1.165) is 12.1 Å². The first kappa shape index (κ1) is 23.2. The Morgan fingerprint density at radius 1 is 1.17 bits per heavy atom. The van der Waals surface area contributed by atoms with Crippen LogP contribution in [0.4, 0.5) is 0 Å². The Labute approximate surface area is 179 Å². The van der Waals surface area contributed by atoms with Crippen molar-refractivity contribution < 1.29 is 14.3 Å². The van der Waals surface area contributed by atoms with Gasteiger partial charge >= 0.3 is 0 Å². The van der Waals surface area contributed by atoms with E-state index in [0.29, 0.717) is 49.1 Å². The highest BCUT2D eigenvalue weighted by Crippen LogP contribution is 2.27. The molecule has 0 aliphatic heterocycles. The largest absolute Gasteiger partial charge is 0.493 e. The summed E-state index contributed by atoms with van der Waals surface area (Å²) in [6.07, 6.45) is 0.972. The fourth-order valence-corrected chi connectivity index (χ4v) is 2.89. The van der Waals surface area contributed by atoms with Gasteiger partial charge < -0.3 is 14.8 Å². The number of methoxy groups -OCH3 is 1. The molecular formula is C24H31N3O3. The van der Waals surface area contributed by atoms with Crippen molar-refractivity contribution >= 4 is 5.91 Å². The van der Waals surface area contributed by atoms with Crippen LogP contribution in [0.15, 0.2) is 42.5 Å². The molecule has 0 atom stereocenters. The van der Waals surface area contributed by atoms with Crippen molar-refractivity contribution in [1.82, 2.24) is 10.2 Å². The summed E-state index contributed by atoms with van der Waals surface area (Å²) in [6, 6.07) is 15.8. The third kappa shape index (κ3) is 7.09. The van der Waals surface area contributed by atoms with E-state index in [1.165, 1.54) is 12.7 Å². The molecule has 1 N–H and O–H groups in total. The molecule has 6 nitrogen and oxygen atoms in total. The van der Waals surface area contributed by atoms with Gasteiger partial charge in [-0.3, -0.25) is 9.69 Å². The second-order valence-corrected chi connectivity index (χ2v) is 7.48. The van der Waals surface area contributed by atoms with Gasteiger partial charge in [-0.15, -0.1) is 0 Å². The van der Waals surface area contributed by atoms with Crippen molar-refractivity contribution in [2.45, 2.75) is 45.8 Å². The Kier molecular flexibility index (Phi) is 9.17. The second-order valence-electron chi connectivity index (χ2n) is 7.48. The molecule has 0 aliphatic carbocycles. The molecule has 0 heterocycles. The minimum atomic E-state index is -0.00240. The molecule has 0 bridgehead atoms. The third-order valence-corrected chi connectivity index (χ3v) is 4.99. The minimum absolute atomic E-state index is 0.00240. The second kappa shape index (κ2) is 11.8. The highest BCUT2D eigenvalue weighted by molar-refractivity contribution is 5.75. The minimum Gasteiger partial charge on any atom is -0.493 e. The number of carbonyl (C=O) groups excluding carboxylic acids is 1. The van der Waals surface area contributed by atoms with Gasteiger partial charge in [0, 0.05) is 31.6 Å². The first-order valence-corrected chi connectivity index (χ1v) is 10.2. The standard InChI is InChI=1S/C24H31N3O3/c1-18(2)27(3)17-21-9-6-5-8-20(21)16-26-24(28)10-7-13-30-22-12-11-19(15-25)14-23(22)29-4/h5-6,8-9,11-12,14,18H,7,10,13,16-17H2,1-4H3,(H,26,28). The molecule has 0 radical (unpaired) electrons. The average Bonchev–Trinajstić information content (AvgIpc) is 2.75. The molecule has 0 spiro atoms. The molecule has 0 fully saturated rings. The lowest BCUT2D eigenvalue weighted by Crippen LogP contribution is -2.27. The zero-order valence-corrected chi connectivity index (χ0v) is 18.3. The quantitative estimate of drug-likeness (QED) is 0.570. The van der Waals surface area contributed by atoms with Crippen LogP contribution in [-0.4, -0.2) is 37.6 Å². The maximum Gasteiger partial charge on any atom is 0.220 e. The monoisotopic (exact) mass is 409 g/mol. The molecule has 0 unspecified atom stereocenters. The maximum absolute atomic E-state index is 12.2. The molecule has 1 amide bonds. The normalized spacial score (nSPS) is 10.7. The summed E-state index contributed by atoms with van der Waals surface area (Å²) in [5.41, 5.74) is 2.88. The molecular weight excluding hydrogens is 378 g/mol. The number of nitrogens with one attached hydrogen (secondary N) is 1. The summed E-state index contributed by atoms with van der Waals surface area (Å²) in [7, 11) is 3.64. The number of nitrogens with zero attached hydrogens (tertiary/aromatic N) is 2. The summed E-state index contributed by atoms with van der Waals surface area (Å²) >= 11 is 0. The van der Waals surface area contributed by atoms with Gasteiger partial charge in [-0.25, -0.2) is 0 Å². The van der Waals surface area contributed by atoms with Crippen LogP contribution < -0.4 is 14.8 Å². The van der Waals surface area contributed by atoms with E-state index in [-0.39, 0.29) is 5.91 Å². The van der Waals surface area contributed by atoms with Crippen LogP contribution in [0.3, 0.4) is 0 Å². The highest BCUT2D eigenvalue weighted by atomic mass is 16.5. The Bertz CT molecular complexity index is 874. The molecule has 2 rings (SSSR count). The highest BCUT2D eigenvalue weighted by Gasteiger charge is 2.10. The molecule has 0 aliphatic rings. The smallest absolute Gasteiger partial charge is 0.220 e. The topological polar surface area (TPSA) is 74.6 Å². The van der Waals surface area contributed by atoms with Gasteiger partial charge in [-0.05, 0) is 50.6 Å². The van der Waals surface area contributed by atoms with E-state index in [9.17, 15) is 4.79 Å². The zero-order valence-electron chi connectivity index (χ0n) is 18.3. The van der Waals surface area contributed by atoms with Crippen molar-refractivity contribution in [1.29, 1.82) is 5.26 Å². The lowest BCUT2D eigenvalue weighted by molar-refractivity contribution is -0.121. The van der Waals surface area contributed by atoms with Crippen molar-refractivity contribution in [3.63, 3.8) is 0 Å². The summed E-state index contributed by atoms with van der Waals surface area (Å²) in [6.45, 7) is 6.10. The van der Waals surface area contributed by atoms with Gasteiger partial charge in [0.2, 0.25) is 5.91 Å². The number of amides is 1. The predicted octanol–water partition coefficient (Wildman–Crippen LogP) is 3.88. The van der Waals surface area contributed by atoms with Crippen molar-refractivity contribution in [2.24, 2.45) is 0 Å². The van der Waals surface area contributed by atoms with E-state index in [4.69, 9.17) is 14.7 Å². The van der Waals surface area contributed by atoms with Crippen LogP contribution in [0.2, 0.25) is 0 Å². The van der Waals surface area contributed by atoms with Crippen molar-refractivity contribution in [3.8, 4) is 17.6 Å². The van der Waals surface area contributed by atoms with Gasteiger partial charge in [-0.2, -0.15) is 5.26 Å². The van der Waals surface area contributed by atoms with Crippen LogP contribution in [0.5, 0.6) is 11.5 Å². The van der Waals surface area contributed by atoms with Crippen LogP contribution >= 0.6 is 0 Å². The van der Waals surface area contributed by atoms with E-state index >= 15 is 0 Å². The van der Waals surface area contributed by atoms with Gasteiger partial charge in [0.25, 0.3) is 0 Å². The number of carbonyl (C=O) groups is 1. The SMILES string of the molecule is COc1cc(C#N)ccc1OCCCC(=O)NCc1ccccc1CN(C)C(C)C. The molecule has 0 aromatic heterocycles. The number of benzene rings is 2. The van der Waals surface area contributed by atoms with E-state index < -0.39 is 0 Å². The van der Waals surface area contributed by atoms with E-state index in [1.807, 2.05) is 12.1 Å². The Morgan fingerprint density at radius 2 is 1.90 bits per heavy atom. The molecule has 160 valence electrons. The summed E-state index contributed by atoms with van der Waals surface area (Å²) in [5.74, 6) is 1.08. The van der Waals surface area contributed by atoms with Crippen molar-refractivity contribution in [3.05, 3.63) is 59.2 Å². The Hall–Kier alpha value is -3.04. The molecule has 6 heteroatoms. The first-order chi connectivity index (χ1) is 14.4. The lowest BCUT2D eigenvalue weighted by Gasteiger charge is -2.22. The van der Waals surface area contributed by atoms with Gasteiger partial charge in [0.1, 0.15) is 0 Å². The van der Waals surface area contributed by atoms with E-state index in [2.05, 4.69) is 49.3 Å². The summed E-state index contributed by atoms with van der Waals surface area (Å²) in [5, 5.41) is 12.0. The fourth-order valence-electron chi connectivity index (χ4n) is 2.89. The molecule has 0 saturated heterocycles. The summed E-state index contributed by atoms with van der Waals surface area (Å²) in [4.78, 5) is 14.5. The molecule has 2 aromatic rings. The van der Waals surface area contributed by atoms with Crippen LogP contribution in [0.1, 0.15) is 43.4 Å². The number of hydrogen-bond acceptors (Lipinski definition) is 5. The first-order valence-electron chi connectivity index (χ1n) is 10.2. The van der Waals surface area contributed by atoms with Gasteiger partial charge in [-0.1, -0.05) is 24.3 Å². The number of rotatable bonds is 11. The fraction of sp³-hybridized carbons (Fsp3) is 0.417. The maximum atomic E-state index is 12.2. The summed E-state index contributed by atoms with van der Waals surface area (Å²) < 4.78 is 11.0. The average molecular weight is 410 g/mol. The number of ether oxygens (including phenoxy) is 2. The zero-order chi connectivity index (χ0) is 21.9. The van der Waals surface area contributed by atoms with Gasteiger partial charge in [0.15, 0.2) is 11.5 Å². The lowest BCUT2D eigenvalue weighted by atomic mass is 10.1. The molecule has 0 saturated carbocycles. The Morgan fingerprint density at radius 3 is 2.57 bits per heavy atom. The number of hydrogen-bond donors (Lipinski definition) is 1. The third-order valence-electron chi connectivity index (χ3n) is 4.99. The van der Waals surface area contributed by atoms with Crippen LogP contribution in [-0.2, 0) is 17.9 Å². The van der Waals surface area contributed by atoms with Crippen molar-refractivity contribution in [2.75, 3.05) is 20.8 Å². The van der Waals surface area contributed by atoms with E-state index in [1.54, 1.807) is 18.2 Å². The van der Waals surface area contributed by atoms with Crippen LogP contribution in [0.25, 0.3) is 0 Å². The predicted molar refractivity (Wildman–Crippen MR) is 117 cm³/mol.